The Bertz CT molecular complexity index is 206. The van der Waals surface area contributed by atoms with Gasteiger partial charge in [0.15, 0.2) is 0 Å². The smallest absolute Gasteiger partial charge is 0.123 e. The van der Waals surface area contributed by atoms with Crippen LogP contribution in [0.15, 0.2) is 24.3 Å². The van der Waals surface area contributed by atoms with Crippen molar-refractivity contribution in [1.29, 1.82) is 0 Å². The van der Waals surface area contributed by atoms with Gasteiger partial charge in [-0.2, -0.15) is 0 Å². The predicted molar refractivity (Wildman–Crippen MR) is 40.1 cm³/mol. The van der Waals surface area contributed by atoms with Gasteiger partial charge in [0, 0.05) is 0 Å². The minimum absolute atomic E-state index is 0.161. The summed E-state index contributed by atoms with van der Waals surface area (Å²) in [6.45, 7) is 3.69. The lowest BCUT2D eigenvalue weighted by atomic mass is 10.1. The summed E-state index contributed by atoms with van der Waals surface area (Å²) >= 11 is 0. The van der Waals surface area contributed by atoms with Crippen LogP contribution in [0, 0.1) is 12.7 Å². The molecule has 0 aliphatic rings. The molecule has 1 radical (unpaired) electrons. The van der Waals surface area contributed by atoms with Crippen molar-refractivity contribution in [3.63, 3.8) is 0 Å². The fraction of sp³-hybridized carbons (Fsp3) is 0.222. The highest BCUT2D eigenvalue weighted by atomic mass is 19.1. The van der Waals surface area contributed by atoms with E-state index in [1.54, 1.807) is 12.1 Å². The van der Waals surface area contributed by atoms with Crippen LogP contribution in [0.2, 0.25) is 0 Å². The van der Waals surface area contributed by atoms with Crippen molar-refractivity contribution in [1.82, 2.24) is 0 Å². The van der Waals surface area contributed by atoms with Crippen molar-refractivity contribution in [2.24, 2.45) is 0 Å². The number of halogens is 1. The van der Waals surface area contributed by atoms with Crippen LogP contribution >= 0.6 is 0 Å². The summed E-state index contributed by atoms with van der Waals surface area (Å²) < 4.78 is 12.5. The van der Waals surface area contributed by atoms with Gasteiger partial charge in [-0.25, -0.2) is 4.39 Å². The number of rotatable bonds is 2. The fourth-order valence-corrected chi connectivity index (χ4v) is 0.897. The highest BCUT2D eigenvalue weighted by molar-refractivity contribution is 5.16. The maximum Gasteiger partial charge on any atom is 0.123 e. The quantitative estimate of drug-likeness (QED) is 0.587. The highest BCUT2D eigenvalue weighted by Gasteiger charge is 1.91. The Hall–Kier alpha value is -0.850. The predicted octanol–water partition coefficient (Wildman–Crippen LogP) is 2.59. The van der Waals surface area contributed by atoms with Crippen molar-refractivity contribution in [2.75, 3.05) is 0 Å². The zero-order chi connectivity index (χ0) is 7.40. The largest absolute Gasteiger partial charge is 0.207 e. The van der Waals surface area contributed by atoms with Gasteiger partial charge in [-0.15, -0.1) is 0 Å². The summed E-state index contributed by atoms with van der Waals surface area (Å²) in [5.74, 6) is -0.161. The molecule has 0 saturated heterocycles. The van der Waals surface area contributed by atoms with Crippen LogP contribution < -0.4 is 0 Å². The van der Waals surface area contributed by atoms with Crippen LogP contribution in [-0.4, -0.2) is 0 Å². The van der Waals surface area contributed by atoms with Crippen molar-refractivity contribution in [3.05, 3.63) is 42.6 Å². The molecule has 0 heterocycles. The second-order valence-corrected chi connectivity index (χ2v) is 2.23. The van der Waals surface area contributed by atoms with Crippen LogP contribution in [0.3, 0.4) is 0 Å². The lowest BCUT2D eigenvalue weighted by Gasteiger charge is -1.95. The fourth-order valence-electron chi connectivity index (χ4n) is 0.897. The normalized spacial score (nSPS) is 9.80. The van der Waals surface area contributed by atoms with E-state index in [0.717, 1.165) is 18.4 Å². The number of hydrogen-bond acceptors (Lipinski definition) is 0. The zero-order valence-electron chi connectivity index (χ0n) is 5.81. The van der Waals surface area contributed by atoms with Gasteiger partial charge in [0.25, 0.3) is 0 Å². The Kier molecular flexibility index (Phi) is 2.43. The summed E-state index contributed by atoms with van der Waals surface area (Å²) in [5.41, 5.74) is 1.02. The molecular formula is C9H10F. The Balaban J connectivity index is 2.75. The van der Waals surface area contributed by atoms with Crippen LogP contribution in [0.5, 0.6) is 0 Å². The van der Waals surface area contributed by atoms with E-state index in [1.807, 2.05) is 6.07 Å². The second kappa shape index (κ2) is 3.35. The third kappa shape index (κ3) is 1.83. The third-order valence-electron chi connectivity index (χ3n) is 1.35. The van der Waals surface area contributed by atoms with Gasteiger partial charge in [-0.3, -0.25) is 0 Å². The Morgan fingerprint density at radius 3 is 2.80 bits per heavy atom. The molecule has 0 atom stereocenters. The van der Waals surface area contributed by atoms with Crippen LogP contribution in [0.1, 0.15) is 12.0 Å². The topological polar surface area (TPSA) is 0 Å². The van der Waals surface area contributed by atoms with Crippen molar-refractivity contribution < 1.29 is 4.39 Å². The van der Waals surface area contributed by atoms with Crippen molar-refractivity contribution >= 4 is 0 Å². The number of aryl methyl sites for hydroxylation is 1. The lowest BCUT2D eigenvalue weighted by Crippen LogP contribution is -1.83. The molecule has 0 aromatic heterocycles. The molecule has 1 rings (SSSR count). The average molecular weight is 137 g/mol. The first-order valence-corrected chi connectivity index (χ1v) is 3.36. The van der Waals surface area contributed by atoms with Gasteiger partial charge in [-0.05, 0) is 30.5 Å². The molecule has 0 amide bonds. The lowest BCUT2D eigenvalue weighted by molar-refractivity contribution is 0.625. The van der Waals surface area contributed by atoms with Gasteiger partial charge < -0.3 is 0 Å². The molecule has 1 aromatic rings. The molecule has 0 unspecified atom stereocenters. The van der Waals surface area contributed by atoms with E-state index in [9.17, 15) is 4.39 Å². The first-order valence-electron chi connectivity index (χ1n) is 3.36. The summed E-state index contributed by atoms with van der Waals surface area (Å²) in [6.07, 6.45) is 1.68. The van der Waals surface area contributed by atoms with Crippen LogP contribution in [0.25, 0.3) is 0 Å². The molecule has 53 valence electrons. The molecule has 0 saturated carbocycles. The summed E-state index contributed by atoms with van der Waals surface area (Å²) in [7, 11) is 0. The van der Waals surface area contributed by atoms with Gasteiger partial charge in [0.2, 0.25) is 0 Å². The van der Waals surface area contributed by atoms with E-state index in [-0.39, 0.29) is 5.82 Å². The number of hydrogen-bond donors (Lipinski definition) is 0. The molecular weight excluding hydrogens is 127 g/mol. The monoisotopic (exact) mass is 137 g/mol. The number of benzene rings is 1. The van der Waals surface area contributed by atoms with E-state index >= 15 is 0 Å². The van der Waals surface area contributed by atoms with Crippen LogP contribution in [0.4, 0.5) is 4.39 Å². The minimum Gasteiger partial charge on any atom is -0.207 e. The van der Waals surface area contributed by atoms with E-state index in [2.05, 4.69) is 6.92 Å². The zero-order valence-corrected chi connectivity index (χ0v) is 5.81. The molecule has 0 aliphatic carbocycles. The SMILES string of the molecule is [CH2]CCc1cccc(F)c1. The molecule has 10 heavy (non-hydrogen) atoms. The van der Waals surface area contributed by atoms with Crippen molar-refractivity contribution in [3.8, 4) is 0 Å². The van der Waals surface area contributed by atoms with Gasteiger partial charge in [0.05, 0.1) is 0 Å². The first-order chi connectivity index (χ1) is 4.83. The molecule has 0 N–H and O–H groups in total. The van der Waals surface area contributed by atoms with E-state index in [0.29, 0.717) is 0 Å². The maximum absolute atomic E-state index is 12.5. The summed E-state index contributed by atoms with van der Waals surface area (Å²) in [5, 5.41) is 0. The maximum atomic E-state index is 12.5. The van der Waals surface area contributed by atoms with Gasteiger partial charge in [0.1, 0.15) is 5.82 Å². The summed E-state index contributed by atoms with van der Waals surface area (Å²) in [6, 6.07) is 6.63. The molecule has 0 spiro atoms. The third-order valence-corrected chi connectivity index (χ3v) is 1.35. The molecule has 1 heteroatoms. The first kappa shape index (κ1) is 7.26. The molecule has 0 bridgehead atoms. The Morgan fingerprint density at radius 2 is 2.20 bits per heavy atom. The van der Waals surface area contributed by atoms with E-state index < -0.39 is 0 Å². The average Bonchev–Trinajstić information content (AvgIpc) is 1.88. The highest BCUT2D eigenvalue weighted by Crippen LogP contribution is 2.04. The van der Waals surface area contributed by atoms with E-state index in [4.69, 9.17) is 0 Å². The molecule has 1 aromatic carbocycles. The molecule has 0 nitrogen and oxygen atoms in total. The van der Waals surface area contributed by atoms with Crippen LogP contribution in [-0.2, 0) is 6.42 Å². The molecule has 0 fully saturated rings. The standard InChI is InChI=1S/C9H10F/c1-2-4-8-5-3-6-9(10)7-8/h3,5-7H,1-2,4H2. The second-order valence-electron chi connectivity index (χ2n) is 2.23. The Morgan fingerprint density at radius 1 is 1.40 bits per heavy atom. The van der Waals surface area contributed by atoms with Crippen molar-refractivity contribution in [2.45, 2.75) is 12.8 Å². The van der Waals surface area contributed by atoms with Gasteiger partial charge >= 0.3 is 0 Å². The van der Waals surface area contributed by atoms with Gasteiger partial charge in [-0.1, -0.05) is 19.1 Å². The summed E-state index contributed by atoms with van der Waals surface area (Å²) in [4.78, 5) is 0. The molecule has 0 aliphatic heterocycles. The Labute approximate surface area is 60.7 Å². The minimum atomic E-state index is -0.161. The van der Waals surface area contributed by atoms with E-state index in [1.165, 1.54) is 6.07 Å².